The van der Waals surface area contributed by atoms with Gasteiger partial charge in [0.25, 0.3) is 0 Å². The lowest BCUT2D eigenvalue weighted by atomic mass is 10.2. The highest BCUT2D eigenvalue weighted by atomic mass is 32.2. The highest BCUT2D eigenvalue weighted by molar-refractivity contribution is 8.00. The van der Waals surface area contributed by atoms with Gasteiger partial charge in [0.15, 0.2) is 0 Å². The molecule has 0 atom stereocenters. The second-order valence-corrected chi connectivity index (χ2v) is 8.71. The Kier molecular flexibility index (Phi) is 4.73. The summed E-state index contributed by atoms with van der Waals surface area (Å²) in [6.07, 6.45) is 0. The monoisotopic (exact) mass is 415 g/mol. The maximum absolute atomic E-state index is 13.3. The van der Waals surface area contributed by atoms with E-state index in [4.69, 9.17) is 4.98 Å². The predicted octanol–water partition coefficient (Wildman–Crippen LogP) is 5.86. The first-order valence-corrected chi connectivity index (χ1v) is 11.1. The summed E-state index contributed by atoms with van der Waals surface area (Å²) in [5.41, 5.74) is 4.43. The number of thioether (sulfide) groups is 1. The number of carbonyl (C=O) groups excluding carboxylic acids is 1. The molecule has 4 nitrogen and oxygen atoms in total. The smallest absolute Gasteiger partial charge is 0.242 e. The number of benzene rings is 3. The van der Waals surface area contributed by atoms with Crippen LogP contribution in [0.25, 0.3) is 11.0 Å². The lowest BCUT2D eigenvalue weighted by molar-refractivity contribution is -0.115. The Bertz CT molecular complexity index is 1200. The van der Waals surface area contributed by atoms with Crippen LogP contribution < -0.4 is 4.90 Å². The molecule has 0 spiro atoms. The molecular formula is C23H17N3OS2. The largest absolute Gasteiger partial charge is 0.278 e. The molecule has 1 aliphatic rings. The summed E-state index contributed by atoms with van der Waals surface area (Å²) in [6.45, 7) is 1.94. The molecule has 29 heavy (non-hydrogen) atoms. The van der Waals surface area contributed by atoms with Gasteiger partial charge in [-0.1, -0.05) is 59.9 Å². The number of para-hydroxylation sites is 4. The molecule has 4 aromatic rings. The summed E-state index contributed by atoms with van der Waals surface area (Å²) >= 11 is 3.14. The van der Waals surface area contributed by atoms with Crippen LogP contribution in [0.4, 0.5) is 11.4 Å². The van der Waals surface area contributed by atoms with Crippen LogP contribution in [-0.4, -0.2) is 21.6 Å². The van der Waals surface area contributed by atoms with Gasteiger partial charge >= 0.3 is 0 Å². The predicted molar refractivity (Wildman–Crippen MR) is 119 cm³/mol. The second kappa shape index (κ2) is 7.54. The third-order valence-corrected chi connectivity index (χ3v) is 6.90. The number of hydrogen-bond acceptors (Lipinski definition) is 5. The Morgan fingerprint density at radius 1 is 0.862 bits per heavy atom. The highest BCUT2D eigenvalue weighted by Crippen LogP contribution is 2.48. The fraction of sp³-hybridized carbons (Fsp3) is 0.0870. The van der Waals surface area contributed by atoms with Crippen LogP contribution in [0.2, 0.25) is 0 Å². The fourth-order valence-electron chi connectivity index (χ4n) is 3.38. The van der Waals surface area contributed by atoms with Gasteiger partial charge in [0.1, 0.15) is 5.03 Å². The van der Waals surface area contributed by atoms with Crippen LogP contribution >= 0.6 is 23.5 Å². The number of hydrogen-bond donors (Lipinski definition) is 0. The van der Waals surface area contributed by atoms with E-state index in [0.29, 0.717) is 5.75 Å². The number of nitrogens with zero attached hydrogens (tertiary/aromatic N) is 3. The summed E-state index contributed by atoms with van der Waals surface area (Å²) in [5.74, 6) is 0.325. The Labute approximate surface area is 177 Å². The molecule has 3 aromatic carbocycles. The van der Waals surface area contributed by atoms with Crippen molar-refractivity contribution in [1.82, 2.24) is 9.97 Å². The molecule has 2 heterocycles. The van der Waals surface area contributed by atoms with Crippen LogP contribution in [0.5, 0.6) is 0 Å². The maximum atomic E-state index is 13.3. The van der Waals surface area contributed by atoms with E-state index >= 15 is 0 Å². The average molecular weight is 416 g/mol. The molecule has 1 aliphatic heterocycles. The van der Waals surface area contributed by atoms with Gasteiger partial charge in [-0.3, -0.25) is 9.69 Å². The first kappa shape index (κ1) is 18.2. The normalized spacial score (nSPS) is 12.5. The van der Waals surface area contributed by atoms with Crippen molar-refractivity contribution in [2.45, 2.75) is 21.7 Å². The number of anilines is 2. The molecule has 0 bridgehead atoms. The summed E-state index contributed by atoms with van der Waals surface area (Å²) in [7, 11) is 0. The molecule has 1 aromatic heterocycles. The van der Waals surface area contributed by atoms with E-state index in [0.717, 1.165) is 42.9 Å². The number of rotatable bonds is 3. The third-order valence-electron chi connectivity index (χ3n) is 4.72. The van der Waals surface area contributed by atoms with Crippen LogP contribution in [0.3, 0.4) is 0 Å². The minimum Gasteiger partial charge on any atom is -0.278 e. The molecule has 5 rings (SSSR count). The molecule has 0 unspecified atom stereocenters. The zero-order valence-corrected chi connectivity index (χ0v) is 17.3. The molecule has 0 fully saturated rings. The molecule has 6 heteroatoms. The van der Waals surface area contributed by atoms with Crippen molar-refractivity contribution in [3.05, 3.63) is 78.5 Å². The Balaban J connectivity index is 1.45. The zero-order valence-electron chi connectivity index (χ0n) is 15.7. The lowest BCUT2D eigenvalue weighted by Crippen LogP contribution is -2.30. The van der Waals surface area contributed by atoms with Crippen molar-refractivity contribution < 1.29 is 4.79 Å². The van der Waals surface area contributed by atoms with Gasteiger partial charge in [-0.2, -0.15) is 0 Å². The first-order chi connectivity index (χ1) is 14.2. The quantitative estimate of drug-likeness (QED) is 0.392. The van der Waals surface area contributed by atoms with Gasteiger partial charge in [0.2, 0.25) is 5.91 Å². The first-order valence-electron chi connectivity index (χ1n) is 9.26. The van der Waals surface area contributed by atoms with Crippen LogP contribution in [-0.2, 0) is 4.79 Å². The summed E-state index contributed by atoms with van der Waals surface area (Å²) < 4.78 is 0. The van der Waals surface area contributed by atoms with Gasteiger partial charge in [-0.05, 0) is 43.3 Å². The summed E-state index contributed by atoms with van der Waals surface area (Å²) in [5, 5.41) is 0.796. The number of aryl methyl sites for hydroxylation is 1. The molecule has 0 saturated carbocycles. The van der Waals surface area contributed by atoms with Crippen LogP contribution in [0.1, 0.15) is 5.69 Å². The molecule has 0 N–H and O–H groups in total. The minimum absolute atomic E-state index is 0.0320. The average Bonchev–Trinajstić information content (AvgIpc) is 2.75. The second-order valence-electron chi connectivity index (χ2n) is 6.66. The fourth-order valence-corrected chi connectivity index (χ4v) is 5.24. The van der Waals surface area contributed by atoms with E-state index in [9.17, 15) is 4.79 Å². The van der Waals surface area contributed by atoms with Crippen molar-refractivity contribution in [3.63, 3.8) is 0 Å². The molecule has 142 valence electrons. The van der Waals surface area contributed by atoms with Crippen molar-refractivity contribution in [3.8, 4) is 0 Å². The number of fused-ring (bicyclic) bond motifs is 3. The Morgan fingerprint density at radius 3 is 2.07 bits per heavy atom. The molecule has 0 aliphatic carbocycles. The third kappa shape index (κ3) is 3.39. The summed E-state index contributed by atoms with van der Waals surface area (Å²) in [6, 6.07) is 23.9. The van der Waals surface area contributed by atoms with Gasteiger partial charge in [-0.15, -0.1) is 0 Å². The van der Waals surface area contributed by atoms with Crippen molar-refractivity contribution >= 4 is 51.8 Å². The van der Waals surface area contributed by atoms with Gasteiger partial charge in [0, 0.05) is 9.79 Å². The van der Waals surface area contributed by atoms with Crippen LogP contribution in [0.15, 0.2) is 87.6 Å². The topological polar surface area (TPSA) is 46.1 Å². The SMILES string of the molecule is Cc1nc2ccccc2nc1SCC(=O)N1c2ccccc2Sc2ccccc21. The van der Waals surface area contributed by atoms with Gasteiger partial charge < -0.3 is 0 Å². The van der Waals surface area contributed by atoms with Gasteiger partial charge in [-0.25, -0.2) is 9.97 Å². The number of amides is 1. The Morgan fingerprint density at radius 2 is 1.41 bits per heavy atom. The molecule has 0 saturated heterocycles. The van der Waals surface area contributed by atoms with E-state index in [1.165, 1.54) is 11.8 Å². The molecule has 1 amide bonds. The van der Waals surface area contributed by atoms with E-state index in [1.807, 2.05) is 72.5 Å². The molecular weight excluding hydrogens is 398 g/mol. The minimum atomic E-state index is 0.0320. The van der Waals surface area contributed by atoms with Crippen molar-refractivity contribution in [2.75, 3.05) is 10.7 Å². The maximum Gasteiger partial charge on any atom is 0.242 e. The summed E-state index contributed by atoms with van der Waals surface area (Å²) in [4.78, 5) is 26.7. The van der Waals surface area contributed by atoms with Crippen molar-refractivity contribution in [1.29, 1.82) is 0 Å². The van der Waals surface area contributed by atoms with E-state index in [1.54, 1.807) is 11.8 Å². The number of carbonyl (C=O) groups is 1. The van der Waals surface area contributed by atoms with Crippen LogP contribution in [0, 0.1) is 6.92 Å². The van der Waals surface area contributed by atoms with E-state index in [-0.39, 0.29) is 5.91 Å². The number of aromatic nitrogens is 2. The lowest BCUT2D eigenvalue weighted by Gasteiger charge is -2.31. The highest BCUT2D eigenvalue weighted by Gasteiger charge is 2.27. The van der Waals surface area contributed by atoms with Gasteiger partial charge in [0.05, 0.1) is 33.9 Å². The standard InChI is InChI=1S/C23H17N3OS2/c1-15-23(25-17-9-3-2-8-16(17)24-15)28-14-22(27)26-18-10-4-6-12-20(18)29-21-13-7-5-11-19(21)26/h2-13H,14H2,1H3. The van der Waals surface area contributed by atoms with E-state index < -0.39 is 0 Å². The van der Waals surface area contributed by atoms with Crippen molar-refractivity contribution in [2.24, 2.45) is 0 Å². The van der Waals surface area contributed by atoms with E-state index in [2.05, 4.69) is 17.1 Å². The molecule has 0 radical (unpaired) electrons. The zero-order chi connectivity index (χ0) is 19.8. The Hall–Kier alpha value is -2.83.